The molecule has 8 N–H and O–H groups in total. The van der Waals surface area contributed by atoms with Crippen molar-refractivity contribution in [3.8, 4) is 0 Å². The summed E-state index contributed by atoms with van der Waals surface area (Å²) in [6.45, 7) is 2.84. The van der Waals surface area contributed by atoms with E-state index in [1.165, 1.54) is 13.8 Å². The van der Waals surface area contributed by atoms with Gasteiger partial charge in [-0.05, 0) is 12.8 Å². The Bertz CT molecular complexity index is 338. The van der Waals surface area contributed by atoms with Crippen LogP contribution in [0.15, 0.2) is 0 Å². The highest BCUT2D eigenvalue weighted by molar-refractivity contribution is 5.76. The van der Waals surface area contributed by atoms with Crippen LogP contribution in [0.3, 0.4) is 0 Å². The molecule has 0 aliphatic carbocycles. The van der Waals surface area contributed by atoms with E-state index < -0.39 is 47.8 Å². The third-order valence-corrected chi connectivity index (χ3v) is 2.69. The molecule has 22 heavy (non-hydrogen) atoms. The van der Waals surface area contributed by atoms with Crippen LogP contribution in [0.1, 0.15) is 26.7 Å². The minimum atomic E-state index is -1.17. The fraction of sp³-hybridized carbons (Fsp3) is 0.667. The number of carboxylic acids is 4. The molecule has 0 aliphatic rings. The van der Waals surface area contributed by atoms with Crippen molar-refractivity contribution < 1.29 is 39.6 Å². The normalized spacial score (nSPS) is 15.5. The number of aliphatic carboxylic acids is 4. The molecule has 0 fully saturated rings. The summed E-state index contributed by atoms with van der Waals surface area (Å²) in [5.74, 6) is -5.80. The summed E-state index contributed by atoms with van der Waals surface area (Å²) in [6, 6.07) is -2.16. The van der Waals surface area contributed by atoms with Gasteiger partial charge in [0, 0.05) is 0 Å². The number of carbonyl (C=O) groups is 4. The smallest absolute Gasteiger partial charge is 0.320 e. The molecule has 128 valence electrons. The zero-order chi connectivity index (χ0) is 18.0. The standard InChI is InChI=1S/2C6H11NO4/c2*1-3(5(8)9)2-4(7)6(10)11/h2*3-4H,2,7H2,1H3,(H,8,9)(H,10,11)/t2*3-,4+/m11/s1. The quantitative estimate of drug-likeness (QED) is 0.322. The minimum absolute atomic E-state index is 0.0370. The highest BCUT2D eigenvalue weighted by Crippen LogP contribution is 2.04. The molecule has 0 aliphatic heterocycles. The van der Waals surface area contributed by atoms with E-state index in [2.05, 4.69) is 0 Å². The Balaban J connectivity index is 0. The van der Waals surface area contributed by atoms with Crippen LogP contribution in [0.25, 0.3) is 0 Å². The van der Waals surface area contributed by atoms with E-state index in [4.69, 9.17) is 31.9 Å². The van der Waals surface area contributed by atoms with Gasteiger partial charge in [0.2, 0.25) is 0 Å². The lowest BCUT2D eigenvalue weighted by atomic mass is 10.0. The molecule has 0 aromatic heterocycles. The van der Waals surface area contributed by atoms with Crippen LogP contribution < -0.4 is 11.5 Å². The van der Waals surface area contributed by atoms with Crippen molar-refractivity contribution in [3.05, 3.63) is 0 Å². The summed E-state index contributed by atoms with van der Waals surface area (Å²) in [5.41, 5.74) is 10.2. The van der Waals surface area contributed by atoms with Gasteiger partial charge in [-0.15, -0.1) is 0 Å². The zero-order valence-corrected chi connectivity index (χ0v) is 12.3. The van der Waals surface area contributed by atoms with Crippen LogP contribution in [0.5, 0.6) is 0 Å². The van der Waals surface area contributed by atoms with Crippen molar-refractivity contribution in [3.63, 3.8) is 0 Å². The Morgan fingerprint density at radius 3 is 1.05 bits per heavy atom. The first kappa shape index (κ1) is 22.1. The number of hydrogen-bond donors (Lipinski definition) is 6. The SMILES string of the molecule is C[C@H](C[C@H](N)C(=O)O)C(=O)O.C[C@H](C[C@H](N)C(=O)O)C(=O)O. The van der Waals surface area contributed by atoms with Gasteiger partial charge in [0.15, 0.2) is 0 Å². The summed E-state index contributed by atoms with van der Waals surface area (Å²) < 4.78 is 0. The lowest BCUT2D eigenvalue weighted by Crippen LogP contribution is -2.33. The van der Waals surface area contributed by atoms with Crippen molar-refractivity contribution in [2.75, 3.05) is 0 Å². The van der Waals surface area contributed by atoms with Gasteiger partial charge in [0.25, 0.3) is 0 Å². The van der Waals surface area contributed by atoms with Gasteiger partial charge in [-0.1, -0.05) is 13.8 Å². The molecule has 0 rings (SSSR count). The number of rotatable bonds is 8. The van der Waals surface area contributed by atoms with Crippen molar-refractivity contribution in [1.82, 2.24) is 0 Å². The van der Waals surface area contributed by atoms with E-state index in [0.717, 1.165) is 0 Å². The molecule has 0 saturated heterocycles. The van der Waals surface area contributed by atoms with Crippen LogP contribution in [-0.2, 0) is 19.2 Å². The predicted molar refractivity (Wildman–Crippen MR) is 74.1 cm³/mol. The molecule has 0 aromatic carbocycles. The highest BCUT2D eigenvalue weighted by Gasteiger charge is 2.20. The third kappa shape index (κ3) is 10.6. The van der Waals surface area contributed by atoms with Crippen LogP contribution in [-0.4, -0.2) is 56.4 Å². The van der Waals surface area contributed by atoms with Gasteiger partial charge in [-0.25, -0.2) is 0 Å². The molecule has 0 bridgehead atoms. The summed E-state index contributed by atoms with van der Waals surface area (Å²) in [7, 11) is 0. The fourth-order valence-corrected chi connectivity index (χ4v) is 1.17. The Labute approximate surface area is 126 Å². The Morgan fingerprint density at radius 1 is 0.682 bits per heavy atom. The molecule has 10 heteroatoms. The first-order valence-corrected chi connectivity index (χ1v) is 6.32. The van der Waals surface area contributed by atoms with E-state index in [9.17, 15) is 19.2 Å². The fourth-order valence-electron chi connectivity index (χ4n) is 1.17. The largest absolute Gasteiger partial charge is 0.481 e. The molecular formula is C12H22N2O8. The minimum Gasteiger partial charge on any atom is -0.481 e. The molecular weight excluding hydrogens is 300 g/mol. The highest BCUT2D eigenvalue weighted by atomic mass is 16.4. The second-order valence-electron chi connectivity index (χ2n) is 4.84. The molecule has 4 atom stereocenters. The average Bonchev–Trinajstić information content (AvgIpc) is 2.38. The van der Waals surface area contributed by atoms with Gasteiger partial charge in [0.1, 0.15) is 12.1 Å². The monoisotopic (exact) mass is 322 g/mol. The van der Waals surface area contributed by atoms with Crippen LogP contribution >= 0.6 is 0 Å². The molecule has 0 aromatic rings. The first-order chi connectivity index (χ1) is 9.89. The van der Waals surface area contributed by atoms with Gasteiger partial charge < -0.3 is 31.9 Å². The maximum Gasteiger partial charge on any atom is 0.320 e. The summed E-state index contributed by atoms with van der Waals surface area (Å²) in [5, 5.41) is 33.3. The Kier molecular flexibility index (Phi) is 10.6. The second kappa shape index (κ2) is 10.5. The lowest BCUT2D eigenvalue weighted by Gasteiger charge is -2.08. The molecule has 0 heterocycles. The lowest BCUT2D eigenvalue weighted by molar-refractivity contribution is -0.144. The Morgan fingerprint density at radius 2 is 0.909 bits per heavy atom. The maximum atomic E-state index is 10.2. The van der Waals surface area contributed by atoms with E-state index in [1.54, 1.807) is 0 Å². The molecule has 0 spiro atoms. The predicted octanol–water partition coefficient (Wildman–Crippen LogP) is -0.982. The summed E-state index contributed by atoms with van der Waals surface area (Å²) in [4.78, 5) is 40.7. The van der Waals surface area contributed by atoms with Crippen molar-refractivity contribution in [1.29, 1.82) is 0 Å². The second-order valence-corrected chi connectivity index (χ2v) is 4.84. The molecule has 0 unspecified atom stereocenters. The van der Waals surface area contributed by atoms with Gasteiger partial charge in [-0.2, -0.15) is 0 Å². The first-order valence-electron chi connectivity index (χ1n) is 6.32. The Hall–Kier alpha value is -2.20. The van der Waals surface area contributed by atoms with Gasteiger partial charge in [-0.3, -0.25) is 19.2 Å². The number of nitrogens with two attached hydrogens (primary N) is 2. The molecule has 10 nitrogen and oxygen atoms in total. The van der Waals surface area contributed by atoms with E-state index >= 15 is 0 Å². The van der Waals surface area contributed by atoms with E-state index in [-0.39, 0.29) is 12.8 Å². The van der Waals surface area contributed by atoms with Crippen molar-refractivity contribution >= 4 is 23.9 Å². The topological polar surface area (TPSA) is 201 Å². The van der Waals surface area contributed by atoms with Crippen LogP contribution in [0.4, 0.5) is 0 Å². The number of hydrogen-bond acceptors (Lipinski definition) is 6. The van der Waals surface area contributed by atoms with Crippen molar-refractivity contribution in [2.45, 2.75) is 38.8 Å². The van der Waals surface area contributed by atoms with Gasteiger partial charge >= 0.3 is 23.9 Å². The zero-order valence-electron chi connectivity index (χ0n) is 12.3. The summed E-state index contributed by atoms with van der Waals surface area (Å²) >= 11 is 0. The van der Waals surface area contributed by atoms with Crippen LogP contribution in [0, 0.1) is 11.8 Å². The number of carboxylic acid groups (broad SMARTS) is 4. The third-order valence-electron chi connectivity index (χ3n) is 2.69. The van der Waals surface area contributed by atoms with E-state index in [1.807, 2.05) is 0 Å². The molecule has 0 saturated carbocycles. The van der Waals surface area contributed by atoms with E-state index in [0.29, 0.717) is 0 Å². The van der Waals surface area contributed by atoms with Gasteiger partial charge in [0.05, 0.1) is 11.8 Å². The molecule has 0 radical (unpaired) electrons. The van der Waals surface area contributed by atoms with Crippen LogP contribution in [0.2, 0.25) is 0 Å². The van der Waals surface area contributed by atoms with Crippen molar-refractivity contribution in [2.24, 2.45) is 23.3 Å². The summed E-state index contributed by atoms with van der Waals surface area (Å²) in [6.07, 6.45) is -0.0741. The molecule has 0 amide bonds. The average molecular weight is 322 g/mol. The maximum absolute atomic E-state index is 10.2.